The summed E-state index contributed by atoms with van der Waals surface area (Å²) in [6.07, 6.45) is 1.89. The maximum absolute atomic E-state index is 11.9. The Kier molecular flexibility index (Phi) is 3.42. The molecule has 0 aromatic carbocycles. The van der Waals surface area contributed by atoms with Crippen molar-refractivity contribution in [2.24, 2.45) is 5.92 Å². The molecule has 2 aliphatic rings. The molecule has 0 radical (unpaired) electrons. The van der Waals surface area contributed by atoms with Crippen molar-refractivity contribution in [2.75, 3.05) is 20.1 Å². The molecule has 17 heavy (non-hydrogen) atoms. The molecule has 2 aliphatic heterocycles. The molecule has 0 bridgehead atoms. The van der Waals surface area contributed by atoms with Crippen LogP contribution in [0.1, 0.15) is 19.3 Å². The normalized spacial score (nSPS) is 29.6. The summed E-state index contributed by atoms with van der Waals surface area (Å²) in [5.41, 5.74) is 0. The first-order chi connectivity index (χ1) is 8.09. The van der Waals surface area contributed by atoms with E-state index in [1.54, 1.807) is 0 Å². The summed E-state index contributed by atoms with van der Waals surface area (Å²) in [5.74, 6) is -0.759. The highest BCUT2D eigenvalue weighted by molar-refractivity contribution is 6.06. The minimum Gasteiger partial charge on any atom is -0.343 e. The Morgan fingerprint density at radius 1 is 1.47 bits per heavy atom. The molecule has 6 nitrogen and oxygen atoms in total. The Balaban J connectivity index is 1.90. The molecule has 94 valence electrons. The van der Waals surface area contributed by atoms with Crippen molar-refractivity contribution in [3.05, 3.63) is 0 Å². The highest BCUT2D eigenvalue weighted by Gasteiger charge is 2.37. The Labute approximate surface area is 99.7 Å². The first-order valence-corrected chi connectivity index (χ1v) is 5.91. The van der Waals surface area contributed by atoms with Gasteiger partial charge in [-0.25, -0.2) is 0 Å². The minimum atomic E-state index is -0.665. The van der Waals surface area contributed by atoms with Gasteiger partial charge in [-0.05, 0) is 19.4 Å². The average molecular weight is 239 g/mol. The van der Waals surface area contributed by atoms with E-state index in [0.717, 1.165) is 24.3 Å². The Hall–Kier alpha value is -1.43. The summed E-state index contributed by atoms with van der Waals surface area (Å²) in [7, 11) is 1.44. The summed E-state index contributed by atoms with van der Waals surface area (Å²) in [5, 5.41) is 5.81. The molecule has 2 saturated heterocycles. The Bertz CT molecular complexity index is 350. The highest BCUT2D eigenvalue weighted by atomic mass is 16.2. The Morgan fingerprint density at radius 3 is 2.76 bits per heavy atom. The van der Waals surface area contributed by atoms with Crippen LogP contribution in [-0.4, -0.2) is 48.8 Å². The number of carbonyl (C=O) groups is 3. The molecule has 0 aromatic heterocycles. The zero-order chi connectivity index (χ0) is 12.4. The number of hydrogen-bond donors (Lipinski definition) is 2. The molecule has 0 aliphatic carbocycles. The van der Waals surface area contributed by atoms with Crippen molar-refractivity contribution in [1.82, 2.24) is 15.5 Å². The second-order valence-corrected chi connectivity index (χ2v) is 4.60. The SMILES string of the molecule is CN1C(=O)CC(NC(=O)[C@@H]2CCCNC2)C1=O. The maximum atomic E-state index is 11.9. The fourth-order valence-electron chi connectivity index (χ4n) is 2.23. The monoisotopic (exact) mass is 239 g/mol. The van der Waals surface area contributed by atoms with E-state index < -0.39 is 6.04 Å². The van der Waals surface area contributed by atoms with Crippen LogP contribution in [0.25, 0.3) is 0 Å². The number of carbonyl (C=O) groups excluding carboxylic acids is 3. The maximum Gasteiger partial charge on any atom is 0.252 e. The van der Waals surface area contributed by atoms with E-state index in [2.05, 4.69) is 10.6 Å². The topological polar surface area (TPSA) is 78.5 Å². The third-order valence-corrected chi connectivity index (χ3v) is 3.37. The van der Waals surface area contributed by atoms with Gasteiger partial charge in [0, 0.05) is 13.6 Å². The predicted molar refractivity (Wildman–Crippen MR) is 59.9 cm³/mol. The van der Waals surface area contributed by atoms with Gasteiger partial charge in [0.25, 0.3) is 5.91 Å². The van der Waals surface area contributed by atoms with Gasteiger partial charge >= 0.3 is 0 Å². The number of nitrogens with one attached hydrogen (secondary N) is 2. The Morgan fingerprint density at radius 2 is 2.24 bits per heavy atom. The number of amides is 3. The molecule has 6 heteroatoms. The van der Waals surface area contributed by atoms with Crippen molar-refractivity contribution in [3.63, 3.8) is 0 Å². The lowest BCUT2D eigenvalue weighted by molar-refractivity contribution is -0.138. The van der Waals surface area contributed by atoms with E-state index in [1.807, 2.05) is 0 Å². The van der Waals surface area contributed by atoms with Crippen LogP contribution in [0.15, 0.2) is 0 Å². The quantitative estimate of drug-likeness (QED) is 0.597. The van der Waals surface area contributed by atoms with Crippen LogP contribution < -0.4 is 10.6 Å². The first kappa shape index (κ1) is 12.0. The van der Waals surface area contributed by atoms with Gasteiger partial charge in [-0.15, -0.1) is 0 Å². The number of piperidine rings is 1. The summed E-state index contributed by atoms with van der Waals surface area (Å²) in [6, 6.07) is -0.665. The van der Waals surface area contributed by atoms with Gasteiger partial charge < -0.3 is 10.6 Å². The molecule has 1 unspecified atom stereocenters. The molecule has 0 spiro atoms. The second-order valence-electron chi connectivity index (χ2n) is 4.60. The van der Waals surface area contributed by atoms with Crippen LogP contribution in [0.5, 0.6) is 0 Å². The van der Waals surface area contributed by atoms with E-state index in [1.165, 1.54) is 7.05 Å². The fourth-order valence-corrected chi connectivity index (χ4v) is 2.23. The smallest absolute Gasteiger partial charge is 0.252 e. The number of hydrogen-bond acceptors (Lipinski definition) is 4. The average Bonchev–Trinajstić information content (AvgIpc) is 2.58. The van der Waals surface area contributed by atoms with Gasteiger partial charge in [-0.2, -0.15) is 0 Å². The molecule has 3 amide bonds. The highest BCUT2D eigenvalue weighted by Crippen LogP contribution is 2.14. The molecule has 2 N–H and O–H groups in total. The zero-order valence-corrected chi connectivity index (χ0v) is 9.86. The summed E-state index contributed by atoms with van der Waals surface area (Å²) in [4.78, 5) is 35.9. The minimum absolute atomic E-state index is 0.0845. The largest absolute Gasteiger partial charge is 0.343 e. The molecule has 2 fully saturated rings. The van der Waals surface area contributed by atoms with Gasteiger partial charge in [0.1, 0.15) is 6.04 Å². The van der Waals surface area contributed by atoms with Crippen molar-refractivity contribution < 1.29 is 14.4 Å². The van der Waals surface area contributed by atoms with Gasteiger partial charge in [-0.1, -0.05) is 0 Å². The molecular formula is C11H17N3O3. The van der Waals surface area contributed by atoms with Gasteiger partial charge in [0.2, 0.25) is 11.8 Å². The second kappa shape index (κ2) is 4.83. The van der Waals surface area contributed by atoms with Crippen molar-refractivity contribution in [3.8, 4) is 0 Å². The van der Waals surface area contributed by atoms with Crippen LogP contribution in [0.2, 0.25) is 0 Å². The zero-order valence-electron chi connectivity index (χ0n) is 9.86. The van der Waals surface area contributed by atoms with E-state index in [9.17, 15) is 14.4 Å². The van der Waals surface area contributed by atoms with Crippen LogP contribution in [0, 0.1) is 5.92 Å². The predicted octanol–water partition coefficient (Wildman–Crippen LogP) is -1.14. The number of likely N-dealkylation sites (tertiary alicyclic amines) is 1. The number of rotatable bonds is 2. The van der Waals surface area contributed by atoms with Crippen molar-refractivity contribution in [1.29, 1.82) is 0 Å². The third-order valence-electron chi connectivity index (χ3n) is 3.37. The van der Waals surface area contributed by atoms with E-state index in [4.69, 9.17) is 0 Å². The molecule has 2 atom stereocenters. The van der Waals surface area contributed by atoms with Crippen LogP contribution in [0.4, 0.5) is 0 Å². The van der Waals surface area contributed by atoms with Crippen molar-refractivity contribution in [2.45, 2.75) is 25.3 Å². The molecule has 2 heterocycles. The fraction of sp³-hybridized carbons (Fsp3) is 0.727. The number of nitrogens with zero attached hydrogens (tertiary/aromatic N) is 1. The van der Waals surface area contributed by atoms with Gasteiger partial charge in [0.15, 0.2) is 0 Å². The number of imide groups is 1. The lowest BCUT2D eigenvalue weighted by atomic mass is 9.98. The van der Waals surface area contributed by atoms with E-state index in [-0.39, 0.29) is 30.1 Å². The lowest BCUT2D eigenvalue weighted by Crippen LogP contribution is -2.46. The summed E-state index contributed by atoms with van der Waals surface area (Å²) >= 11 is 0. The van der Waals surface area contributed by atoms with Gasteiger partial charge in [0.05, 0.1) is 12.3 Å². The van der Waals surface area contributed by atoms with Crippen molar-refractivity contribution >= 4 is 17.7 Å². The number of likely N-dealkylation sites (N-methyl/N-ethyl adjacent to an activating group) is 1. The van der Waals surface area contributed by atoms with Crippen LogP contribution in [-0.2, 0) is 14.4 Å². The molecule has 0 saturated carbocycles. The van der Waals surface area contributed by atoms with E-state index in [0.29, 0.717) is 6.54 Å². The van der Waals surface area contributed by atoms with Crippen LogP contribution >= 0.6 is 0 Å². The summed E-state index contributed by atoms with van der Waals surface area (Å²) in [6.45, 7) is 1.59. The summed E-state index contributed by atoms with van der Waals surface area (Å²) < 4.78 is 0. The van der Waals surface area contributed by atoms with Crippen LogP contribution in [0.3, 0.4) is 0 Å². The third kappa shape index (κ3) is 2.46. The lowest BCUT2D eigenvalue weighted by Gasteiger charge is -2.23. The van der Waals surface area contributed by atoms with Gasteiger partial charge in [-0.3, -0.25) is 19.3 Å². The van der Waals surface area contributed by atoms with E-state index >= 15 is 0 Å². The first-order valence-electron chi connectivity index (χ1n) is 5.91. The molecular weight excluding hydrogens is 222 g/mol. The molecule has 2 rings (SSSR count). The standard InChI is InChI=1S/C11H17N3O3/c1-14-9(15)5-8(11(14)17)13-10(16)7-3-2-4-12-6-7/h7-8,12H,2-6H2,1H3,(H,13,16)/t7-,8?/m1/s1. The molecule has 0 aromatic rings.